The summed E-state index contributed by atoms with van der Waals surface area (Å²) < 4.78 is 4.98. The van der Waals surface area contributed by atoms with Gasteiger partial charge < -0.3 is 15.0 Å². The second kappa shape index (κ2) is 8.67. The molecule has 0 aliphatic carbocycles. The van der Waals surface area contributed by atoms with Crippen LogP contribution in [0.3, 0.4) is 0 Å². The van der Waals surface area contributed by atoms with Crippen molar-refractivity contribution in [1.82, 2.24) is 9.97 Å². The van der Waals surface area contributed by atoms with Crippen molar-refractivity contribution < 1.29 is 14.3 Å². The molecule has 0 atom stereocenters. The van der Waals surface area contributed by atoms with Crippen LogP contribution in [0.25, 0.3) is 10.9 Å². The van der Waals surface area contributed by atoms with E-state index in [4.69, 9.17) is 16.3 Å². The summed E-state index contributed by atoms with van der Waals surface area (Å²) >= 11 is 5.87. The number of carbonyl (C=O) groups excluding carboxylic acids is 2. The van der Waals surface area contributed by atoms with Crippen LogP contribution in [0.4, 0.5) is 5.69 Å². The standard InChI is InChI=1S/C20H18ClN3O4/c1-12-10-13(21)6-7-15(12)23-18(25)11-28-19(26)9-8-17-22-16-5-3-2-4-14(16)20(27)24-17/h2-7,10H,8-9,11H2,1H3,(H,23,25)(H,22,24,27). The summed E-state index contributed by atoms with van der Waals surface area (Å²) in [4.78, 5) is 42.8. The Hall–Kier alpha value is -3.19. The highest BCUT2D eigenvalue weighted by Gasteiger charge is 2.11. The number of esters is 1. The Kier molecular flexibility index (Phi) is 6.06. The number of anilines is 1. The number of benzene rings is 2. The minimum Gasteiger partial charge on any atom is -0.456 e. The van der Waals surface area contributed by atoms with E-state index in [0.717, 1.165) is 5.56 Å². The van der Waals surface area contributed by atoms with Gasteiger partial charge in [0.1, 0.15) is 5.82 Å². The lowest BCUT2D eigenvalue weighted by Crippen LogP contribution is -2.21. The second-order valence-corrected chi connectivity index (χ2v) is 6.63. The third kappa shape index (κ3) is 4.95. The van der Waals surface area contributed by atoms with Gasteiger partial charge in [-0.05, 0) is 42.8 Å². The molecule has 3 aromatic rings. The molecule has 28 heavy (non-hydrogen) atoms. The van der Waals surface area contributed by atoms with Gasteiger partial charge in [-0.2, -0.15) is 0 Å². The molecule has 0 spiro atoms. The molecule has 8 heteroatoms. The number of fused-ring (bicyclic) bond motifs is 1. The molecule has 0 radical (unpaired) electrons. The molecule has 2 aromatic carbocycles. The smallest absolute Gasteiger partial charge is 0.306 e. The number of para-hydroxylation sites is 1. The molecule has 0 unspecified atom stereocenters. The van der Waals surface area contributed by atoms with Gasteiger partial charge in [0.2, 0.25) is 0 Å². The highest BCUT2D eigenvalue weighted by molar-refractivity contribution is 6.30. The summed E-state index contributed by atoms with van der Waals surface area (Å²) in [7, 11) is 0. The summed E-state index contributed by atoms with van der Waals surface area (Å²) in [5, 5.41) is 3.72. The first kappa shape index (κ1) is 19.6. The van der Waals surface area contributed by atoms with Crippen molar-refractivity contribution in [2.75, 3.05) is 11.9 Å². The number of rotatable bonds is 6. The lowest BCUT2D eigenvalue weighted by Gasteiger charge is -2.09. The number of nitrogens with one attached hydrogen (secondary N) is 2. The maximum atomic E-state index is 12.0. The van der Waals surface area contributed by atoms with Crippen molar-refractivity contribution in [1.29, 1.82) is 0 Å². The number of aryl methyl sites for hydroxylation is 2. The van der Waals surface area contributed by atoms with Gasteiger partial charge in [-0.15, -0.1) is 0 Å². The molecule has 0 aliphatic heterocycles. The molecule has 0 bridgehead atoms. The predicted molar refractivity (Wildman–Crippen MR) is 106 cm³/mol. The maximum Gasteiger partial charge on any atom is 0.306 e. The normalized spacial score (nSPS) is 10.6. The third-order valence-electron chi connectivity index (χ3n) is 4.05. The molecule has 3 rings (SSSR count). The van der Waals surface area contributed by atoms with Crippen LogP contribution in [0.1, 0.15) is 17.8 Å². The first-order valence-corrected chi connectivity index (χ1v) is 9.00. The quantitative estimate of drug-likeness (QED) is 0.620. The molecule has 1 heterocycles. The molecule has 2 N–H and O–H groups in total. The lowest BCUT2D eigenvalue weighted by atomic mass is 10.2. The van der Waals surface area contributed by atoms with Crippen LogP contribution < -0.4 is 10.9 Å². The van der Waals surface area contributed by atoms with E-state index in [-0.39, 0.29) is 18.4 Å². The number of hydrogen-bond acceptors (Lipinski definition) is 5. The van der Waals surface area contributed by atoms with E-state index in [1.807, 2.05) is 6.92 Å². The first-order chi connectivity index (χ1) is 13.4. The van der Waals surface area contributed by atoms with Gasteiger partial charge >= 0.3 is 5.97 Å². The van der Waals surface area contributed by atoms with Crippen molar-refractivity contribution in [3.63, 3.8) is 0 Å². The Balaban J connectivity index is 1.50. The Morgan fingerprint density at radius 1 is 1.21 bits per heavy atom. The summed E-state index contributed by atoms with van der Waals surface area (Å²) in [5.41, 5.74) is 1.71. The number of aromatic nitrogens is 2. The number of nitrogens with zero attached hydrogens (tertiary/aromatic N) is 1. The van der Waals surface area contributed by atoms with Gasteiger partial charge in [-0.3, -0.25) is 14.4 Å². The van der Waals surface area contributed by atoms with E-state index >= 15 is 0 Å². The van der Waals surface area contributed by atoms with Crippen LogP contribution in [-0.2, 0) is 20.7 Å². The van der Waals surface area contributed by atoms with Gasteiger partial charge in [0.15, 0.2) is 6.61 Å². The van der Waals surface area contributed by atoms with Gasteiger partial charge in [-0.1, -0.05) is 23.7 Å². The van der Waals surface area contributed by atoms with Crippen molar-refractivity contribution in [3.8, 4) is 0 Å². The number of aromatic amines is 1. The number of H-pyrrole nitrogens is 1. The highest BCUT2D eigenvalue weighted by atomic mass is 35.5. The first-order valence-electron chi connectivity index (χ1n) is 8.62. The number of ether oxygens (including phenoxy) is 1. The third-order valence-corrected chi connectivity index (χ3v) is 4.29. The van der Waals surface area contributed by atoms with Crippen LogP contribution >= 0.6 is 11.6 Å². The Morgan fingerprint density at radius 3 is 2.79 bits per heavy atom. The molecule has 0 saturated carbocycles. The largest absolute Gasteiger partial charge is 0.456 e. The Bertz CT molecular complexity index is 1090. The van der Waals surface area contributed by atoms with Gasteiger partial charge in [0.25, 0.3) is 11.5 Å². The summed E-state index contributed by atoms with van der Waals surface area (Å²) in [6, 6.07) is 12.0. The van der Waals surface area contributed by atoms with Crippen molar-refractivity contribution in [2.24, 2.45) is 0 Å². The van der Waals surface area contributed by atoms with Gasteiger partial charge in [0.05, 0.1) is 17.3 Å². The topological polar surface area (TPSA) is 101 Å². The molecule has 1 amide bonds. The van der Waals surface area contributed by atoms with Gasteiger partial charge in [-0.25, -0.2) is 4.98 Å². The summed E-state index contributed by atoms with van der Waals surface area (Å²) in [5.74, 6) is -0.614. The van der Waals surface area contributed by atoms with E-state index in [1.54, 1.807) is 42.5 Å². The fraction of sp³-hybridized carbons (Fsp3) is 0.200. The van der Waals surface area contributed by atoms with Crippen molar-refractivity contribution in [3.05, 3.63) is 69.2 Å². The molecule has 0 saturated heterocycles. The van der Waals surface area contributed by atoms with E-state index in [0.29, 0.717) is 27.4 Å². The average molecular weight is 400 g/mol. The Labute approximate surface area is 165 Å². The minimum atomic E-state index is -0.557. The fourth-order valence-corrected chi connectivity index (χ4v) is 2.87. The molecule has 7 nitrogen and oxygen atoms in total. The Morgan fingerprint density at radius 2 is 2.00 bits per heavy atom. The number of amides is 1. The van der Waals surface area contributed by atoms with Crippen molar-refractivity contribution >= 4 is 40.1 Å². The molecule has 144 valence electrons. The van der Waals surface area contributed by atoms with E-state index in [1.165, 1.54) is 0 Å². The zero-order valence-electron chi connectivity index (χ0n) is 15.1. The second-order valence-electron chi connectivity index (χ2n) is 6.20. The van der Waals surface area contributed by atoms with E-state index < -0.39 is 18.5 Å². The summed E-state index contributed by atoms with van der Waals surface area (Å²) in [6.07, 6.45) is 0.200. The molecule has 0 aliphatic rings. The van der Waals surface area contributed by atoms with Crippen LogP contribution in [-0.4, -0.2) is 28.5 Å². The number of hydrogen-bond donors (Lipinski definition) is 2. The van der Waals surface area contributed by atoms with Crippen molar-refractivity contribution in [2.45, 2.75) is 19.8 Å². The van der Waals surface area contributed by atoms with Gasteiger partial charge in [0, 0.05) is 17.1 Å². The molecule has 0 fully saturated rings. The molecule has 1 aromatic heterocycles. The SMILES string of the molecule is Cc1cc(Cl)ccc1NC(=O)COC(=O)CCc1nc2ccccc2c(=O)[nH]1. The van der Waals surface area contributed by atoms with E-state index in [2.05, 4.69) is 15.3 Å². The van der Waals surface area contributed by atoms with Crippen LogP contribution in [0.2, 0.25) is 5.02 Å². The highest BCUT2D eigenvalue weighted by Crippen LogP contribution is 2.19. The van der Waals surface area contributed by atoms with E-state index in [9.17, 15) is 14.4 Å². The van der Waals surface area contributed by atoms with Crippen LogP contribution in [0, 0.1) is 6.92 Å². The van der Waals surface area contributed by atoms with Crippen LogP contribution in [0.5, 0.6) is 0 Å². The predicted octanol–water partition coefficient (Wildman–Crippen LogP) is 3.00. The fourth-order valence-electron chi connectivity index (χ4n) is 2.65. The zero-order chi connectivity index (χ0) is 20.1. The zero-order valence-corrected chi connectivity index (χ0v) is 15.9. The monoisotopic (exact) mass is 399 g/mol. The number of carbonyl (C=O) groups is 2. The molecular formula is C20H18ClN3O4. The maximum absolute atomic E-state index is 12.0. The number of halogens is 1. The minimum absolute atomic E-state index is 0.00542. The molecular weight excluding hydrogens is 382 g/mol. The summed E-state index contributed by atoms with van der Waals surface area (Å²) in [6.45, 7) is 1.41. The lowest BCUT2D eigenvalue weighted by molar-refractivity contribution is -0.147. The van der Waals surface area contributed by atoms with Crippen LogP contribution in [0.15, 0.2) is 47.3 Å². The average Bonchev–Trinajstić information content (AvgIpc) is 2.67.